The number of thioether (sulfide) groups is 1. The van der Waals surface area contributed by atoms with E-state index in [2.05, 4.69) is 12.2 Å². The zero-order valence-electron chi connectivity index (χ0n) is 10.4. The fraction of sp³-hybridized carbons (Fsp3) is 0.750. The lowest BCUT2D eigenvalue weighted by Gasteiger charge is -2.54. The average molecular weight is 256 g/mol. The predicted octanol–water partition coefficient (Wildman–Crippen LogP) is 1.54. The minimum absolute atomic E-state index is 0.0324. The summed E-state index contributed by atoms with van der Waals surface area (Å²) in [6.07, 6.45) is 7.33. The van der Waals surface area contributed by atoms with E-state index >= 15 is 0 Å². The summed E-state index contributed by atoms with van der Waals surface area (Å²) in [6, 6.07) is 0. The van der Waals surface area contributed by atoms with E-state index < -0.39 is 5.72 Å². The second-order valence-electron chi connectivity index (χ2n) is 4.36. The van der Waals surface area contributed by atoms with Crippen molar-refractivity contribution in [3.8, 4) is 0 Å². The number of fused-ring (bicyclic) bond motifs is 1. The van der Waals surface area contributed by atoms with E-state index in [0.29, 0.717) is 0 Å². The summed E-state index contributed by atoms with van der Waals surface area (Å²) in [5, 5.41) is 3.39. The number of rotatable bonds is 6. The molecule has 2 rings (SSSR count). The quantitative estimate of drug-likeness (QED) is 0.445. The summed E-state index contributed by atoms with van der Waals surface area (Å²) in [5.74, 6) is 0.973. The fourth-order valence-corrected chi connectivity index (χ4v) is 3.47. The van der Waals surface area contributed by atoms with E-state index in [-0.39, 0.29) is 11.3 Å². The monoisotopic (exact) mass is 256 g/mol. The summed E-state index contributed by atoms with van der Waals surface area (Å²) in [7, 11) is 1.61. The molecule has 0 aromatic heterocycles. The molecule has 0 saturated carbocycles. The van der Waals surface area contributed by atoms with Gasteiger partial charge in [0.05, 0.1) is 0 Å². The molecular formula is C12H20N2O2S. The smallest absolute Gasteiger partial charge is 0.278 e. The Kier molecular flexibility index (Phi) is 4.12. The third kappa shape index (κ3) is 2.11. The summed E-state index contributed by atoms with van der Waals surface area (Å²) < 4.78 is 5.48. The van der Waals surface area contributed by atoms with Crippen LogP contribution in [0.2, 0.25) is 0 Å². The van der Waals surface area contributed by atoms with Crippen LogP contribution in [0.3, 0.4) is 0 Å². The molecule has 0 radical (unpaired) electrons. The first-order valence-electron chi connectivity index (χ1n) is 6.17. The van der Waals surface area contributed by atoms with Crippen molar-refractivity contribution in [2.45, 2.75) is 37.3 Å². The van der Waals surface area contributed by atoms with Gasteiger partial charge in [-0.05, 0) is 13.0 Å². The number of unbranched alkanes of at least 4 members (excludes halogenated alkanes) is 2. The van der Waals surface area contributed by atoms with Gasteiger partial charge >= 0.3 is 0 Å². The molecule has 5 heteroatoms. The molecule has 1 fully saturated rings. The Morgan fingerprint density at radius 2 is 2.47 bits per heavy atom. The van der Waals surface area contributed by atoms with E-state index in [0.717, 1.165) is 18.7 Å². The number of ether oxygens (including phenoxy) is 1. The molecule has 1 amide bonds. The highest BCUT2D eigenvalue weighted by atomic mass is 32.2. The number of nitrogens with one attached hydrogen (secondary N) is 1. The molecular weight excluding hydrogens is 236 g/mol. The summed E-state index contributed by atoms with van der Waals surface area (Å²) >= 11 is 1.74. The number of β-lactam (4-membered cyclic amide) rings is 1. The molecule has 4 nitrogen and oxygen atoms in total. The summed E-state index contributed by atoms with van der Waals surface area (Å²) in [5.41, 5.74) is -0.789. The number of nitrogens with zero attached hydrogens (tertiary/aromatic N) is 1. The van der Waals surface area contributed by atoms with Crippen LogP contribution in [0.25, 0.3) is 0 Å². The summed E-state index contributed by atoms with van der Waals surface area (Å²) in [4.78, 5) is 13.8. The molecule has 2 aliphatic heterocycles. The summed E-state index contributed by atoms with van der Waals surface area (Å²) in [6.45, 7) is 3.01. The zero-order chi connectivity index (χ0) is 12.3. The fourth-order valence-electron chi connectivity index (χ4n) is 2.25. The topological polar surface area (TPSA) is 41.6 Å². The number of amides is 1. The van der Waals surface area contributed by atoms with Gasteiger partial charge in [0.1, 0.15) is 5.37 Å². The largest absolute Gasteiger partial charge is 0.352 e. The maximum Gasteiger partial charge on any atom is 0.278 e. The second kappa shape index (κ2) is 5.42. The third-order valence-corrected chi connectivity index (χ3v) is 4.52. The Balaban J connectivity index is 1.95. The van der Waals surface area contributed by atoms with Crippen LogP contribution in [0.15, 0.2) is 12.3 Å². The Labute approximate surface area is 107 Å². The predicted molar refractivity (Wildman–Crippen MR) is 69.5 cm³/mol. The average Bonchev–Trinajstić information content (AvgIpc) is 2.38. The molecule has 17 heavy (non-hydrogen) atoms. The minimum Gasteiger partial charge on any atom is -0.352 e. The maximum atomic E-state index is 12.1. The van der Waals surface area contributed by atoms with Crippen molar-refractivity contribution >= 4 is 17.7 Å². The Bertz CT molecular complexity index is 322. The van der Waals surface area contributed by atoms with Crippen LogP contribution in [-0.4, -0.2) is 41.3 Å². The lowest BCUT2D eigenvalue weighted by atomic mass is 10.0. The molecule has 2 atom stereocenters. The minimum atomic E-state index is -0.789. The normalized spacial score (nSPS) is 31.3. The highest BCUT2D eigenvalue weighted by Crippen LogP contribution is 2.41. The molecule has 1 N–H and O–H groups in total. The van der Waals surface area contributed by atoms with Gasteiger partial charge in [-0.1, -0.05) is 25.8 Å². The van der Waals surface area contributed by atoms with Gasteiger partial charge < -0.3 is 4.74 Å². The maximum absolute atomic E-state index is 12.1. The van der Waals surface area contributed by atoms with E-state index in [9.17, 15) is 4.79 Å². The standard InChI is InChI=1S/C12H20N2O2S/c1-3-4-5-7-13-12(16-2)10(15)14-8-6-9-17-11(12)14/h6,8,11,13H,3-5,7,9H2,1-2H3/t11-,12+/m1/s1. The van der Waals surface area contributed by atoms with Crippen LogP contribution in [0.5, 0.6) is 0 Å². The Hall–Kier alpha value is -0.520. The van der Waals surface area contributed by atoms with Gasteiger partial charge in [-0.25, -0.2) is 0 Å². The van der Waals surface area contributed by atoms with Gasteiger partial charge in [-0.2, -0.15) is 0 Å². The van der Waals surface area contributed by atoms with Crippen LogP contribution in [-0.2, 0) is 9.53 Å². The van der Waals surface area contributed by atoms with Gasteiger partial charge in [0.25, 0.3) is 5.91 Å². The molecule has 0 aromatic rings. The van der Waals surface area contributed by atoms with Crippen molar-refractivity contribution in [1.82, 2.24) is 10.2 Å². The van der Waals surface area contributed by atoms with E-state index in [4.69, 9.17) is 4.74 Å². The first-order valence-corrected chi connectivity index (χ1v) is 7.22. The first-order chi connectivity index (χ1) is 8.26. The number of carbonyl (C=O) groups is 1. The van der Waals surface area contributed by atoms with Crippen LogP contribution in [0.4, 0.5) is 0 Å². The van der Waals surface area contributed by atoms with E-state index in [1.165, 1.54) is 12.8 Å². The highest BCUT2D eigenvalue weighted by Gasteiger charge is 2.61. The molecule has 96 valence electrons. The lowest BCUT2D eigenvalue weighted by Crippen LogP contribution is -2.78. The van der Waals surface area contributed by atoms with Gasteiger partial charge in [-0.15, -0.1) is 11.8 Å². The number of methoxy groups -OCH3 is 1. The Morgan fingerprint density at radius 1 is 1.65 bits per heavy atom. The SMILES string of the molecule is CCCCCN[C@]1(OC)C(=O)N2C=CCS[C@@H]21. The van der Waals surface area contributed by atoms with E-state index in [1.54, 1.807) is 23.8 Å². The van der Waals surface area contributed by atoms with Crippen molar-refractivity contribution < 1.29 is 9.53 Å². The number of carbonyl (C=O) groups excluding carboxylic acids is 1. The molecule has 0 spiro atoms. The molecule has 2 aliphatic rings. The van der Waals surface area contributed by atoms with Crippen molar-refractivity contribution in [3.05, 3.63) is 12.3 Å². The number of hydrogen-bond donors (Lipinski definition) is 1. The third-order valence-electron chi connectivity index (χ3n) is 3.26. The molecule has 0 aromatic carbocycles. The first kappa shape index (κ1) is 12.9. The van der Waals surface area contributed by atoms with Crippen molar-refractivity contribution in [2.24, 2.45) is 0 Å². The molecule has 0 unspecified atom stereocenters. The van der Waals surface area contributed by atoms with Gasteiger partial charge in [-0.3, -0.25) is 15.0 Å². The lowest BCUT2D eigenvalue weighted by molar-refractivity contribution is -0.187. The van der Waals surface area contributed by atoms with Crippen LogP contribution < -0.4 is 5.32 Å². The van der Waals surface area contributed by atoms with Crippen LogP contribution in [0.1, 0.15) is 26.2 Å². The van der Waals surface area contributed by atoms with Gasteiger partial charge in [0, 0.05) is 19.1 Å². The van der Waals surface area contributed by atoms with Crippen LogP contribution >= 0.6 is 11.8 Å². The molecule has 2 heterocycles. The van der Waals surface area contributed by atoms with Crippen molar-refractivity contribution in [1.29, 1.82) is 0 Å². The molecule has 1 saturated heterocycles. The molecule has 0 aliphatic carbocycles. The van der Waals surface area contributed by atoms with E-state index in [1.807, 2.05) is 12.3 Å². The zero-order valence-corrected chi connectivity index (χ0v) is 11.3. The molecule has 0 bridgehead atoms. The van der Waals surface area contributed by atoms with Crippen LogP contribution in [0, 0.1) is 0 Å². The van der Waals surface area contributed by atoms with Crippen molar-refractivity contribution in [3.63, 3.8) is 0 Å². The van der Waals surface area contributed by atoms with Gasteiger partial charge in [0.2, 0.25) is 5.72 Å². The second-order valence-corrected chi connectivity index (χ2v) is 5.47. The Morgan fingerprint density at radius 3 is 3.18 bits per heavy atom. The van der Waals surface area contributed by atoms with Gasteiger partial charge in [0.15, 0.2) is 0 Å². The van der Waals surface area contributed by atoms with Crippen molar-refractivity contribution in [2.75, 3.05) is 19.4 Å². The highest BCUT2D eigenvalue weighted by molar-refractivity contribution is 8.00. The number of hydrogen-bond acceptors (Lipinski definition) is 4.